The first-order valence-electron chi connectivity index (χ1n) is 14.7. The molecular weight excluding hydrogens is 464 g/mol. The number of carbonyl (C=O) groups excluding carboxylic acids is 2. The van der Waals surface area contributed by atoms with Crippen molar-refractivity contribution in [3.63, 3.8) is 0 Å². The fourth-order valence-corrected chi connectivity index (χ4v) is 10.1. The van der Waals surface area contributed by atoms with E-state index in [1.807, 2.05) is 0 Å². The molecule has 0 N–H and O–H groups in total. The lowest BCUT2D eigenvalue weighted by Crippen LogP contribution is -2.70. The second-order valence-electron chi connectivity index (χ2n) is 13.5. The average molecular weight is 507 g/mol. The minimum atomic E-state index is -1.15. The fourth-order valence-electron chi connectivity index (χ4n) is 10.1. The van der Waals surface area contributed by atoms with Gasteiger partial charge >= 0.3 is 5.97 Å². The first-order valence-corrected chi connectivity index (χ1v) is 14.7. The highest BCUT2D eigenvalue weighted by molar-refractivity contribution is 6.02. The Morgan fingerprint density at radius 3 is 2.70 bits per heavy atom. The van der Waals surface area contributed by atoms with Gasteiger partial charge in [-0.2, -0.15) is 0 Å². The molecular formula is C31H42N2O4. The van der Waals surface area contributed by atoms with Crippen molar-refractivity contribution < 1.29 is 19.1 Å². The number of ether oxygens (including phenoxy) is 2. The van der Waals surface area contributed by atoms with E-state index in [4.69, 9.17) is 9.47 Å². The number of amides is 1. The van der Waals surface area contributed by atoms with Gasteiger partial charge in [0.15, 0.2) is 0 Å². The summed E-state index contributed by atoms with van der Waals surface area (Å²) in [5.41, 5.74) is 2.25. The van der Waals surface area contributed by atoms with Crippen LogP contribution in [0.3, 0.4) is 0 Å². The third kappa shape index (κ3) is 3.02. The maximum Gasteiger partial charge on any atom is 0.321 e. The minimum absolute atomic E-state index is 0.0429. The predicted octanol–water partition coefficient (Wildman–Crippen LogP) is 4.19. The molecule has 2 aliphatic heterocycles. The minimum Gasteiger partial charge on any atom is -0.497 e. The number of piperidine rings is 1. The molecule has 1 aromatic rings. The topological polar surface area (TPSA) is 59.1 Å². The predicted molar refractivity (Wildman–Crippen MR) is 140 cm³/mol. The highest BCUT2D eigenvalue weighted by atomic mass is 16.5. The van der Waals surface area contributed by atoms with E-state index in [1.165, 1.54) is 49.8 Å². The zero-order chi connectivity index (χ0) is 25.7. The van der Waals surface area contributed by atoms with Crippen LogP contribution in [0.15, 0.2) is 18.2 Å². The van der Waals surface area contributed by atoms with Gasteiger partial charge in [0.2, 0.25) is 5.91 Å². The molecule has 200 valence electrons. The SMILES string of the molecule is CCOC(=O)C(C)(C)C(=O)N1C[C@H]2CC34CCC1C2C31CCN(CC2CC2)C4Cc2ccc(OC)cc21. The Bertz CT molecular complexity index is 1140. The molecule has 0 aromatic heterocycles. The molecule has 5 unspecified atom stereocenters. The number of hydrogen-bond acceptors (Lipinski definition) is 5. The zero-order valence-corrected chi connectivity index (χ0v) is 22.9. The van der Waals surface area contributed by atoms with Gasteiger partial charge in [0.1, 0.15) is 11.2 Å². The summed E-state index contributed by atoms with van der Waals surface area (Å²) in [4.78, 5) is 31.7. The molecule has 6 aliphatic rings. The van der Waals surface area contributed by atoms with Crippen LogP contribution in [-0.2, 0) is 26.2 Å². The van der Waals surface area contributed by atoms with Crippen molar-refractivity contribution in [1.29, 1.82) is 0 Å². The molecule has 3 saturated carbocycles. The molecule has 4 aliphatic carbocycles. The Balaban J connectivity index is 1.31. The van der Waals surface area contributed by atoms with E-state index in [9.17, 15) is 9.59 Å². The number of methoxy groups -OCH3 is 1. The number of nitrogens with zero attached hydrogens (tertiary/aromatic N) is 2. The van der Waals surface area contributed by atoms with Crippen molar-refractivity contribution in [1.82, 2.24) is 9.80 Å². The Kier molecular flexibility index (Phi) is 5.17. The van der Waals surface area contributed by atoms with Gasteiger partial charge in [0.05, 0.1) is 13.7 Å². The Hall–Kier alpha value is -2.08. The first kappa shape index (κ1) is 24.0. The highest BCUT2D eigenvalue weighted by Crippen LogP contribution is 2.75. The van der Waals surface area contributed by atoms with Crippen molar-refractivity contribution in [2.75, 3.05) is 33.4 Å². The smallest absolute Gasteiger partial charge is 0.321 e. The Morgan fingerprint density at radius 2 is 1.97 bits per heavy atom. The molecule has 5 fully saturated rings. The van der Waals surface area contributed by atoms with Crippen molar-refractivity contribution in [3.05, 3.63) is 29.3 Å². The van der Waals surface area contributed by atoms with Crippen LogP contribution in [-0.4, -0.2) is 67.1 Å². The molecule has 37 heavy (non-hydrogen) atoms. The zero-order valence-electron chi connectivity index (χ0n) is 22.9. The molecule has 0 radical (unpaired) electrons. The van der Waals surface area contributed by atoms with E-state index in [1.54, 1.807) is 27.9 Å². The van der Waals surface area contributed by atoms with Gasteiger partial charge in [0, 0.05) is 30.6 Å². The lowest BCUT2D eigenvalue weighted by Gasteiger charge is -2.66. The van der Waals surface area contributed by atoms with Crippen LogP contribution >= 0.6 is 0 Å². The molecule has 1 aromatic carbocycles. The number of carbonyl (C=O) groups is 2. The van der Waals surface area contributed by atoms with E-state index in [2.05, 4.69) is 28.0 Å². The number of likely N-dealkylation sites (tertiary alicyclic amines) is 2. The van der Waals surface area contributed by atoms with Gasteiger partial charge in [-0.1, -0.05) is 6.07 Å². The summed E-state index contributed by atoms with van der Waals surface area (Å²) in [7, 11) is 1.77. The first-order chi connectivity index (χ1) is 17.8. The summed E-state index contributed by atoms with van der Waals surface area (Å²) >= 11 is 0. The van der Waals surface area contributed by atoms with Crippen molar-refractivity contribution in [2.24, 2.45) is 28.6 Å². The Labute approximate surface area is 221 Å². The molecule has 4 bridgehead atoms. The normalized spacial score (nSPS) is 37.7. The van der Waals surface area contributed by atoms with Gasteiger partial charge in [0.25, 0.3) is 0 Å². The second-order valence-corrected chi connectivity index (χ2v) is 13.5. The standard InChI is InChI=1S/C31H42N2O4/c1-5-37-28(35)29(2,3)27(34)33-18-21-16-30-11-10-24(33)26(21)31(30)12-13-32(17-19-6-7-19)25(30)14-20-8-9-22(36-4)15-23(20)31/h8-9,15,19,21,24-26H,5-7,10-14,16-18H2,1-4H3/t21-,24?,25?,26?,30?,31?/m1/s1. The summed E-state index contributed by atoms with van der Waals surface area (Å²) in [6.07, 6.45) is 8.57. The highest BCUT2D eigenvalue weighted by Gasteiger charge is 2.76. The van der Waals surface area contributed by atoms with Gasteiger partial charge in [-0.15, -0.1) is 0 Å². The van der Waals surface area contributed by atoms with Crippen molar-refractivity contribution in [2.45, 2.75) is 83.2 Å². The average Bonchev–Trinajstić information content (AvgIpc) is 3.58. The summed E-state index contributed by atoms with van der Waals surface area (Å²) in [5.74, 6) is 2.36. The van der Waals surface area contributed by atoms with Gasteiger partial charge < -0.3 is 14.4 Å². The van der Waals surface area contributed by atoms with Gasteiger partial charge in [-0.25, -0.2) is 0 Å². The maximum atomic E-state index is 14.0. The molecule has 2 saturated heterocycles. The summed E-state index contributed by atoms with van der Waals surface area (Å²) in [6, 6.07) is 7.64. The lowest BCUT2D eigenvalue weighted by atomic mass is 9.43. The molecule has 6 nitrogen and oxygen atoms in total. The van der Waals surface area contributed by atoms with E-state index in [0.29, 0.717) is 24.5 Å². The summed E-state index contributed by atoms with van der Waals surface area (Å²) < 4.78 is 11.1. The van der Waals surface area contributed by atoms with E-state index in [-0.39, 0.29) is 22.8 Å². The molecule has 2 heterocycles. The molecule has 0 spiro atoms. The Morgan fingerprint density at radius 1 is 1.16 bits per heavy atom. The van der Waals surface area contributed by atoms with E-state index in [0.717, 1.165) is 37.6 Å². The van der Waals surface area contributed by atoms with Crippen molar-refractivity contribution in [3.8, 4) is 5.75 Å². The molecule has 7 rings (SSSR count). The van der Waals surface area contributed by atoms with Crippen molar-refractivity contribution >= 4 is 11.9 Å². The third-order valence-electron chi connectivity index (χ3n) is 11.6. The van der Waals surface area contributed by atoms with Crippen LogP contribution < -0.4 is 4.74 Å². The van der Waals surface area contributed by atoms with Crippen LogP contribution in [0.5, 0.6) is 5.75 Å². The third-order valence-corrected chi connectivity index (χ3v) is 11.6. The van der Waals surface area contributed by atoms with Crippen LogP contribution in [0, 0.1) is 28.6 Å². The molecule has 1 amide bonds. The number of hydrogen-bond donors (Lipinski definition) is 0. The van der Waals surface area contributed by atoms with Gasteiger partial charge in [-0.05, 0) is 119 Å². The maximum absolute atomic E-state index is 14.0. The quantitative estimate of drug-likeness (QED) is 0.428. The largest absolute Gasteiger partial charge is 0.497 e. The number of rotatable bonds is 6. The monoisotopic (exact) mass is 506 g/mol. The van der Waals surface area contributed by atoms with E-state index >= 15 is 0 Å². The number of esters is 1. The number of benzene rings is 1. The fraction of sp³-hybridized carbons (Fsp3) is 0.742. The van der Waals surface area contributed by atoms with Gasteiger partial charge in [-0.3, -0.25) is 14.5 Å². The van der Waals surface area contributed by atoms with Crippen LogP contribution in [0.25, 0.3) is 0 Å². The molecule has 6 heteroatoms. The molecule has 6 atom stereocenters. The van der Waals surface area contributed by atoms with Crippen LogP contribution in [0.4, 0.5) is 0 Å². The lowest BCUT2D eigenvalue weighted by molar-refractivity contribution is -0.165. The number of fused-ring (bicyclic) bond motifs is 1. The van der Waals surface area contributed by atoms with Crippen LogP contribution in [0.1, 0.15) is 70.4 Å². The van der Waals surface area contributed by atoms with E-state index < -0.39 is 11.4 Å². The summed E-state index contributed by atoms with van der Waals surface area (Å²) in [6.45, 7) is 8.82. The summed E-state index contributed by atoms with van der Waals surface area (Å²) in [5, 5.41) is 0. The van der Waals surface area contributed by atoms with Crippen LogP contribution in [0.2, 0.25) is 0 Å². The second kappa shape index (κ2) is 7.97.